The molecule has 0 fully saturated rings. The zero-order valence-corrected chi connectivity index (χ0v) is 10.8. The minimum Gasteiger partial charge on any atom is -0.465 e. The quantitative estimate of drug-likeness (QED) is 0.497. The second kappa shape index (κ2) is 6.51. The number of hydrogen-bond acceptors (Lipinski definition) is 4. The molecule has 1 atom stereocenters. The Labute approximate surface area is 97.3 Å². The third-order valence-electron chi connectivity index (χ3n) is 2.69. The summed E-state index contributed by atoms with van der Waals surface area (Å²) in [6, 6.07) is 0. The number of esters is 1. The van der Waals surface area contributed by atoms with E-state index in [-0.39, 0.29) is 5.97 Å². The number of carbonyl (C=O) groups is 2. The van der Waals surface area contributed by atoms with Crippen molar-refractivity contribution in [3.63, 3.8) is 0 Å². The van der Waals surface area contributed by atoms with Crippen LogP contribution in [0.15, 0.2) is 0 Å². The molecule has 0 aliphatic carbocycles. The van der Waals surface area contributed by atoms with Crippen molar-refractivity contribution in [2.45, 2.75) is 46.6 Å². The summed E-state index contributed by atoms with van der Waals surface area (Å²) in [5.74, 6) is -0.292. The third kappa shape index (κ3) is 5.14. The maximum absolute atomic E-state index is 11.6. The Morgan fingerprint density at radius 1 is 1.31 bits per heavy atom. The van der Waals surface area contributed by atoms with E-state index in [9.17, 15) is 9.59 Å². The van der Waals surface area contributed by atoms with E-state index >= 15 is 0 Å². The summed E-state index contributed by atoms with van der Waals surface area (Å²) in [5, 5.41) is 0. The van der Waals surface area contributed by atoms with Gasteiger partial charge in [0.05, 0.1) is 12.5 Å². The molecule has 0 aliphatic heterocycles. The second-order valence-electron chi connectivity index (χ2n) is 4.89. The van der Waals surface area contributed by atoms with Gasteiger partial charge in [-0.15, -0.1) is 0 Å². The molecular formula is C12H22O4. The molecule has 0 amide bonds. The van der Waals surface area contributed by atoms with E-state index in [1.54, 1.807) is 20.8 Å². The van der Waals surface area contributed by atoms with E-state index < -0.39 is 11.5 Å². The molecule has 4 heteroatoms. The van der Waals surface area contributed by atoms with Gasteiger partial charge in [-0.25, -0.2) is 0 Å². The summed E-state index contributed by atoms with van der Waals surface area (Å²) in [6.45, 7) is 9.98. The van der Waals surface area contributed by atoms with Crippen molar-refractivity contribution in [2.75, 3.05) is 6.61 Å². The fourth-order valence-electron chi connectivity index (χ4n) is 1.03. The van der Waals surface area contributed by atoms with E-state index in [0.29, 0.717) is 19.0 Å². The zero-order valence-electron chi connectivity index (χ0n) is 10.8. The van der Waals surface area contributed by atoms with Crippen LogP contribution in [0.5, 0.6) is 0 Å². The first-order valence-corrected chi connectivity index (χ1v) is 5.59. The van der Waals surface area contributed by atoms with Gasteiger partial charge in [-0.05, 0) is 33.1 Å². The fraction of sp³-hybridized carbons (Fsp3) is 0.833. The van der Waals surface area contributed by atoms with E-state index in [2.05, 4.69) is 13.8 Å². The van der Waals surface area contributed by atoms with Gasteiger partial charge in [-0.1, -0.05) is 13.8 Å². The van der Waals surface area contributed by atoms with Crippen LogP contribution in [0.3, 0.4) is 0 Å². The van der Waals surface area contributed by atoms with Crippen LogP contribution in [-0.4, -0.2) is 24.6 Å². The van der Waals surface area contributed by atoms with Crippen molar-refractivity contribution in [1.82, 2.24) is 0 Å². The summed E-state index contributed by atoms with van der Waals surface area (Å²) in [5.41, 5.74) is -0.823. The maximum Gasteiger partial charge on any atom is 0.312 e. The molecule has 0 heterocycles. The van der Waals surface area contributed by atoms with Gasteiger partial charge < -0.3 is 9.47 Å². The van der Waals surface area contributed by atoms with Gasteiger partial charge in [0, 0.05) is 0 Å². The van der Waals surface area contributed by atoms with Crippen LogP contribution in [0.4, 0.5) is 0 Å². The monoisotopic (exact) mass is 230 g/mol. The van der Waals surface area contributed by atoms with Crippen LogP contribution < -0.4 is 0 Å². The molecule has 0 rings (SSSR count). The Bertz CT molecular complexity index is 233. The lowest BCUT2D eigenvalue weighted by molar-refractivity contribution is -0.163. The van der Waals surface area contributed by atoms with Crippen molar-refractivity contribution in [2.24, 2.45) is 11.8 Å². The summed E-state index contributed by atoms with van der Waals surface area (Å²) < 4.78 is 9.97. The third-order valence-corrected chi connectivity index (χ3v) is 2.69. The Morgan fingerprint density at radius 2 is 1.88 bits per heavy atom. The SMILES string of the molecule is CC(C)CCOC(=O)C(C)C(C)(C)OC=O. The van der Waals surface area contributed by atoms with Crippen molar-refractivity contribution >= 4 is 12.4 Å². The molecule has 0 saturated heterocycles. The first-order chi connectivity index (χ1) is 7.31. The van der Waals surface area contributed by atoms with Crippen LogP contribution in [-0.2, 0) is 19.1 Å². The van der Waals surface area contributed by atoms with Gasteiger partial charge in [-0.2, -0.15) is 0 Å². The topological polar surface area (TPSA) is 52.6 Å². The van der Waals surface area contributed by atoms with Crippen molar-refractivity contribution in [1.29, 1.82) is 0 Å². The summed E-state index contributed by atoms with van der Waals surface area (Å²) in [6.07, 6.45) is 0.841. The highest BCUT2D eigenvalue weighted by atomic mass is 16.6. The lowest BCUT2D eigenvalue weighted by Crippen LogP contribution is -2.38. The number of ether oxygens (including phenoxy) is 2. The number of rotatable bonds is 7. The van der Waals surface area contributed by atoms with Gasteiger partial charge >= 0.3 is 5.97 Å². The minimum atomic E-state index is -0.823. The Morgan fingerprint density at radius 3 is 2.31 bits per heavy atom. The van der Waals surface area contributed by atoms with Crippen molar-refractivity contribution in [3.05, 3.63) is 0 Å². The van der Waals surface area contributed by atoms with E-state index in [1.165, 1.54) is 0 Å². The van der Waals surface area contributed by atoms with Crippen molar-refractivity contribution < 1.29 is 19.1 Å². The molecule has 0 aromatic heterocycles. The predicted molar refractivity (Wildman–Crippen MR) is 60.8 cm³/mol. The van der Waals surface area contributed by atoms with E-state index in [1.807, 2.05) is 0 Å². The van der Waals surface area contributed by atoms with Crippen LogP contribution >= 0.6 is 0 Å². The summed E-state index contributed by atoms with van der Waals surface area (Å²) >= 11 is 0. The lowest BCUT2D eigenvalue weighted by atomic mass is 9.93. The van der Waals surface area contributed by atoms with Crippen LogP contribution in [0, 0.1) is 11.8 Å². The molecule has 4 nitrogen and oxygen atoms in total. The van der Waals surface area contributed by atoms with Crippen molar-refractivity contribution in [3.8, 4) is 0 Å². The zero-order chi connectivity index (χ0) is 12.8. The van der Waals surface area contributed by atoms with Gasteiger partial charge in [0.2, 0.25) is 0 Å². The molecule has 0 N–H and O–H groups in total. The molecule has 0 aliphatic rings. The van der Waals surface area contributed by atoms with Crippen LogP contribution in [0.2, 0.25) is 0 Å². The average Bonchev–Trinajstić information content (AvgIpc) is 2.15. The smallest absolute Gasteiger partial charge is 0.312 e. The lowest BCUT2D eigenvalue weighted by Gasteiger charge is -2.28. The molecule has 0 aromatic rings. The van der Waals surface area contributed by atoms with Crippen LogP contribution in [0.1, 0.15) is 41.0 Å². The number of hydrogen-bond donors (Lipinski definition) is 0. The van der Waals surface area contributed by atoms with E-state index in [0.717, 1.165) is 6.42 Å². The van der Waals surface area contributed by atoms with E-state index in [4.69, 9.17) is 9.47 Å². The van der Waals surface area contributed by atoms with Gasteiger partial charge in [-0.3, -0.25) is 9.59 Å². The van der Waals surface area contributed by atoms with Gasteiger partial charge in [0.1, 0.15) is 5.60 Å². The molecule has 0 bridgehead atoms. The maximum atomic E-state index is 11.6. The second-order valence-corrected chi connectivity index (χ2v) is 4.89. The molecule has 0 saturated carbocycles. The van der Waals surface area contributed by atoms with Crippen LogP contribution in [0.25, 0.3) is 0 Å². The molecule has 94 valence electrons. The minimum absolute atomic E-state index is 0.326. The molecular weight excluding hydrogens is 208 g/mol. The first kappa shape index (κ1) is 14.9. The molecule has 1 unspecified atom stereocenters. The highest BCUT2D eigenvalue weighted by Crippen LogP contribution is 2.21. The Hall–Kier alpha value is -1.06. The fourth-order valence-corrected chi connectivity index (χ4v) is 1.03. The Kier molecular flexibility index (Phi) is 6.08. The molecule has 0 radical (unpaired) electrons. The standard InChI is InChI=1S/C12H22O4/c1-9(2)6-7-15-11(14)10(3)12(4,5)16-8-13/h8-10H,6-7H2,1-5H3. The summed E-state index contributed by atoms with van der Waals surface area (Å²) in [7, 11) is 0. The predicted octanol–water partition coefficient (Wildman–Crippen LogP) is 2.16. The Balaban J connectivity index is 4.12. The molecule has 0 spiro atoms. The average molecular weight is 230 g/mol. The highest BCUT2D eigenvalue weighted by molar-refractivity contribution is 5.73. The highest BCUT2D eigenvalue weighted by Gasteiger charge is 2.34. The van der Waals surface area contributed by atoms with Gasteiger partial charge in [0.15, 0.2) is 0 Å². The van der Waals surface area contributed by atoms with Gasteiger partial charge in [0.25, 0.3) is 6.47 Å². The normalized spacial score (nSPS) is 13.4. The molecule has 16 heavy (non-hydrogen) atoms. The first-order valence-electron chi connectivity index (χ1n) is 5.59. The number of carbonyl (C=O) groups excluding carboxylic acids is 2. The summed E-state index contributed by atoms with van der Waals surface area (Å²) in [4.78, 5) is 21.9. The largest absolute Gasteiger partial charge is 0.465 e. The molecule has 0 aromatic carbocycles.